The first-order valence-corrected chi connectivity index (χ1v) is 11.2. The van der Waals surface area contributed by atoms with E-state index in [4.69, 9.17) is 21.5 Å². The van der Waals surface area contributed by atoms with Crippen molar-refractivity contribution in [3.05, 3.63) is 41.4 Å². The second-order valence-corrected chi connectivity index (χ2v) is 9.20. The van der Waals surface area contributed by atoms with Crippen molar-refractivity contribution < 1.29 is 17.9 Å². The third-order valence-electron chi connectivity index (χ3n) is 3.89. The fourth-order valence-corrected chi connectivity index (χ4v) is 5.58. The quantitative estimate of drug-likeness (QED) is 0.787. The predicted molar refractivity (Wildman–Crippen MR) is 105 cm³/mol. The fourth-order valence-electron chi connectivity index (χ4n) is 2.70. The molecule has 1 aliphatic heterocycles. The van der Waals surface area contributed by atoms with Crippen LogP contribution < -0.4 is 14.8 Å². The normalized spacial score (nSPS) is 16.7. The summed E-state index contributed by atoms with van der Waals surface area (Å²) in [5.74, 6) is 0.699. The molecule has 0 bridgehead atoms. The summed E-state index contributed by atoms with van der Waals surface area (Å²) in [6.45, 7) is 4.61. The molecule has 1 heterocycles. The van der Waals surface area contributed by atoms with Crippen LogP contribution in [0, 0.1) is 0 Å². The summed E-state index contributed by atoms with van der Waals surface area (Å²) < 4.78 is 33.5. The number of fused-ring (bicyclic) bond motifs is 1. The molecule has 0 aliphatic carbocycles. The number of nitrogens with zero attached hydrogens (tertiary/aromatic N) is 2. The molecule has 0 saturated heterocycles. The Morgan fingerprint density at radius 1 is 1.22 bits per heavy atom. The van der Waals surface area contributed by atoms with Crippen molar-refractivity contribution in [2.24, 2.45) is 9.50 Å². The molecule has 2 aromatic carbocycles. The summed E-state index contributed by atoms with van der Waals surface area (Å²) in [4.78, 5) is 15.1. The lowest BCUT2D eigenvalue weighted by atomic mass is 10.3. The zero-order valence-corrected chi connectivity index (χ0v) is 17.1. The molecule has 2 amide bonds. The molecule has 0 radical (unpaired) electrons. The van der Waals surface area contributed by atoms with E-state index in [1.165, 1.54) is 17.0 Å². The number of ether oxygens (including phenoxy) is 1. The standard InChI is InChI=1S/C17H18ClN3O4S2/c1-3-21-14-9-13(18)16(27(19,23)24)10-15(14)26(20-17(21)22)12-7-5-11(6-8-12)25-4-2/h5-10H,3-4H2,1-2H3,(H2,19,23,24). The molecule has 1 aliphatic rings. The van der Waals surface area contributed by atoms with E-state index in [9.17, 15) is 13.2 Å². The molecular weight excluding hydrogens is 410 g/mol. The fraction of sp³-hybridized carbons (Fsp3) is 0.235. The topological polar surface area (TPSA) is 102 Å². The minimum atomic E-state index is -4.02. The van der Waals surface area contributed by atoms with E-state index in [1.807, 2.05) is 19.1 Å². The van der Waals surface area contributed by atoms with Crippen molar-refractivity contribution in [1.82, 2.24) is 0 Å². The molecule has 0 fully saturated rings. The molecule has 0 aromatic heterocycles. The zero-order valence-electron chi connectivity index (χ0n) is 14.7. The van der Waals surface area contributed by atoms with Crippen LogP contribution in [0.15, 0.2) is 55.4 Å². The van der Waals surface area contributed by atoms with E-state index in [0.29, 0.717) is 29.5 Å². The summed E-state index contributed by atoms with van der Waals surface area (Å²) in [5, 5.41) is 5.26. The van der Waals surface area contributed by atoms with E-state index < -0.39 is 26.7 Å². The third-order valence-corrected chi connectivity index (χ3v) is 7.07. The van der Waals surface area contributed by atoms with Crippen molar-refractivity contribution in [2.75, 3.05) is 18.1 Å². The van der Waals surface area contributed by atoms with Gasteiger partial charge in [-0.25, -0.2) is 18.4 Å². The highest BCUT2D eigenvalue weighted by molar-refractivity contribution is 7.89. The minimum absolute atomic E-state index is 0.0281. The van der Waals surface area contributed by atoms with Gasteiger partial charge in [-0.3, -0.25) is 4.90 Å². The Kier molecular flexibility index (Phi) is 5.57. The SMILES string of the molecule is CCOc1ccc(S2=NC(=O)N(CC)c3cc(Cl)c(S(N)(=O)=O)cc32)cc1. The van der Waals surface area contributed by atoms with Gasteiger partial charge >= 0.3 is 6.03 Å². The Hall–Kier alpha value is -1.94. The molecule has 144 valence electrons. The van der Waals surface area contributed by atoms with Gasteiger partial charge in [0.25, 0.3) is 0 Å². The molecule has 2 N–H and O–H groups in total. The highest BCUT2D eigenvalue weighted by atomic mass is 35.5. The number of primary sulfonamides is 1. The van der Waals surface area contributed by atoms with Crippen molar-refractivity contribution in [2.45, 2.75) is 28.5 Å². The first kappa shape index (κ1) is 19.8. The summed E-state index contributed by atoms with van der Waals surface area (Å²) >= 11 is 6.12. The van der Waals surface area contributed by atoms with E-state index in [0.717, 1.165) is 4.90 Å². The lowest BCUT2D eigenvalue weighted by Gasteiger charge is -2.28. The Balaban J connectivity index is 2.21. The molecule has 1 unspecified atom stereocenters. The van der Waals surface area contributed by atoms with Crippen molar-refractivity contribution in [3.8, 4) is 5.75 Å². The summed E-state index contributed by atoms with van der Waals surface area (Å²) in [5.41, 5.74) is 0.534. The Labute approximate surface area is 165 Å². The minimum Gasteiger partial charge on any atom is -0.494 e. The maximum absolute atomic E-state index is 12.5. The molecule has 0 saturated carbocycles. The largest absolute Gasteiger partial charge is 0.494 e. The van der Waals surface area contributed by atoms with Crippen LogP contribution in [0.3, 0.4) is 0 Å². The van der Waals surface area contributed by atoms with Crippen molar-refractivity contribution >= 4 is 44.0 Å². The number of benzene rings is 2. The van der Waals surface area contributed by atoms with E-state index in [2.05, 4.69) is 4.36 Å². The van der Waals surface area contributed by atoms with Crippen LogP contribution in [0.4, 0.5) is 10.5 Å². The van der Waals surface area contributed by atoms with Gasteiger partial charge in [0, 0.05) is 16.3 Å². The third kappa shape index (κ3) is 3.86. The van der Waals surface area contributed by atoms with E-state index in [-0.39, 0.29) is 9.92 Å². The van der Waals surface area contributed by atoms with Crippen LogP contribution in [0.1, 0.15) is 13.8 Å². The first-order valence-electron chi connectivity index (χ1n) is 8.13. The molecule has 3 rings (SSSR count). The monoisotopic (exact) mass is 427 g/mol. The Morgan fingerprint density at radius 2 is 1.89 bits per heavy atom. The van der Waals surface area contributed by atoms with Gasteiger partial charge in [0.2, 0.25) is 10.0 Å². The molecule has 7 nitrogen and oxygen atoms in total. The second-order valence-electron chi connectivity index (χ2n) is 5.60. The van der Waals surface area contributed by atoms with Gasteiger partial charge < -0.3 is 4.74 Å². The summed E-state index contributed by atoms with van der Waals surface area (Å²) in [6.07, 6.45) is 0. The zero-order chi connectivity index (χ0) is 19.8. The lowest BCUT2D eigenvalue weighted by Crippen LogP contribution is -2.32. The molecule has 27 heavy (non-hydrogen) atoms. The number of carbonyl (C=O) groups is 1. The number of hydrogen-bond acceptors (Lipinski definition) is 4. The van der Waals surface area contributed by atoms with Gasteiger partial charge in [-0.2, -0.15) is 4.36 Å². The van der Waals surface area contributed by atoms with E-state index in [1.54, 1.807) is 19.1 Å². The average molecular weight is 428 g/mol. The van der Waals surface area contributed by atoms with Gasteiger partial charge in [0.05, 0.1) is 17.3 Å². The molecule has 2 aromatic rings. The Bertz CT molecular complexity index is 1040. The number of halogens is 1. The highest BCUT2D eigenvalue weighted by Gasteiger charge is 2.29. The Morgan fingerprint density at radius 3 is 2.44 bits per heavy atom. The van der Waals surface area contributed by atoms with Crippen molar-refractivity contribution in [1.29, 1.82) is 0 Å². The number of carbonyl (C=O) groups excluding carboxylic acids is 1. The van der Waals surface area contributed by atoms with Crippen molar-refractivity contribution in [3.63, 3.8) is 0 Å². The number of nitrogens with two attached hydrogens (primary N) is 1. The maximum atomic E-state index is 12.5. The lowest BCUT2D eigenvalue weighted by molar-refractivity contribution is 0.254. The number of sulfonamides is 1. The maximum Gasteiger partial charge on any atom is 0.354 e. The number of amides is 2. The van der Waals surface area contributed by atoms with Gasteiger partial charge in [-0.1, -0.05) is 11.6 Å². The van der Waals surface area contributed by atoms with Gasteiger partial charge in [0.1, 0.15) is 10.6 Å². The summed E-state index contributed by atoms with van der Waals surface area (Å²) in [7, 11) is -5.02. The van der Waals surface area contributed by atoms with Crippen LogP contribution in [-0.2, 0) is 20.7 Å². The molecule has 1 atom stereocenters. The predicted octanol–water partition coefficient (Wildman–Crippen LogP) is 3.57. The molecule has 10 heteroatoms. The number of rotatable bonds is 5. The van der Waals surface area contributed by atoms with Crippen LogP contribution >= 0.6 is 11.6 Å². The average Bonchev–Trinajstić information content (AvgIpc) is 2.60. The first-order chi connectivity index (χ1) is 12.8. The highest BCUT2D eigenvalue weighted by Crippen LogP contribution is 2.38. The second kappa shape index (κ2) is 7.59. The molecule has 0 spiro atoms. The number of anilines is 1. The van der Waals surface area contributed by atoms with E-state index >= 15 is 0 Å². The van der Waals surface area contributed by atoms with Gasteiger partial charge in [0.15, 0.2) is 0 Å². The van der Waals surface area contributed by atoms with Crippen LogP contribution in [0.2, 0.25) is 5.02 Å². The van der Waals surface area contributed by atoms with Crippen LogP contribution in [0.5, 0.6) is 5.75 Å². The van der Waals surface area contributed by atoms with Gasteiger partial charge in [-0.15, -0.1) is 0 Å². The van der Waals surface area contributed by atoms with Crippen LogP contribution in [-0.4, -0.2) is 27.6 Å². The summed E-state index contributed by atoms with van der Waals surface area (Å²) in [6, 6.07) is 9.65. The number of hydrogen-bond donors (Lipinski definition) is 1. The number of urea groups is 1. The van der Waals surface area contributed by atoms with Crippen LogP contribution in [0.25, 0.3) is 0 Å². The molecular formula is C17H18ClN3O4S2. The smallest absolute Gasteiger partial charge is 0.354 e. The van der Waals surface area contributed by atoms with Gasteiger partial charge in [-0.05, 0) is 60.9 Å².